The van der Waals surface area contributed by atoms with Gasteiger partial charge >= 0.3 is 0 Å². The predicted octanol–water partition coefficient (Wildman–Crippen LogP) is 4.47. The van der Waals surface area contributed by atoms with Gasteiger partial charge in [0.05, 0.1) is 6.26 Å². The smallest absolute Gasteiger partial charge is 0.190 e. The molecule has 0 atom stereocenters. The fraction of sp³-hybridized carbons (Fsp3) is 0.312. The largest absolute Gasteiger partial charge is 0.461 e. The van der Waals surface area contributed by atoms with Crippen LogP contribution in [0.2, 0.25) is 5.15 Å². The van der Waals surface area contributed by atoms with Gasteiger partial charge in [0, 0.05) is 22.9 Å². The number of nitrogens with zero attached hydrogens (tertiary/aromatic N) is 3. The lowest BCUT2D eigenvalue weighted by molar-refractivity contribution is 0.609. The molecule has 126 valence electrons. The van der Waals surface area contributed by atoms with Crippen LogP contribution in [-0.4, -0.2) is 27.0 Å². The Morgan fingerprint density at radius 3 is 2.83 bits per heavy atom. The molecule has 0 aromatic carbocycles. The van der Waals surface area contributed by atoms with Gasteiger partial charge in [-0.05, 0) is 30.7 Å². The number of hydrogen-bond donors (Lipinski definition) is 1. The number of anilines is 1. The van der Waals surface area contributed by atoms with E-state index in [0.29, 0.717) is 21.7 Å². The molecule has 24 heavy (non-hydrogen) atoms. The molecule has 0 radical (unpaired) electrons. The Morgan fingerprint density at radius 1 is 1.25 bits per heavy atom. The highest BCUT2D eigenvalue weighted by Gasteiger charge is 2.12. The highest BCUT2D eigenvalue weighted by Crippen LogP contribution is 2.28. The Balaban J connectivity index is 1.73. The van der Waals surface area contributed by atoms with Crippen LogP contribution in [0.3, 0.4) is 0 Å². The number of halogens is 1. The van der Waals surface area contributed by atoms with Gasteiger partial charge in [-0.3, -0.25) is 0 Å². The standard InChI is InChI=1S/C16H17ClN4OS2/c1-3-9-8-22-14-11(9)6-10(19-15(14)17)4-5-24-16-20-12(18)7-13(21-16)23-2/h6-8H,3-5H2,1-2H3,(H2,18,20,21). The maximum atomic E-state index is 6.23. The van der Waals surface area contributed by atoms with Crippen molar-refractivity contribution in [1.29, 1.82) is 0 Å². The lowest BCUT2D eigenvalue weighted by Crippen LogP contribution is -1.98. The number of aromatic nitrogens is 3. The van der Waals surface area contributed by atoms with Gasteiger partial charge in [-0.1, -0.05) is 30.3 Å². The summed E-state index contributed by atoms with van der Waals surface area (Å²) in [5, 5.41) is 3.02. The molecule has 0 spiro atoms. The van der Waals surface area contributed by atoms with Crippen LogP contribution in [0.25, 0.3) is 11.0 Å². The van der Waals surface area contributed by atoms with E-state index in [9.17, 15) is 0 Å². The van der Waals surface area contributed by atoms with Gasteiger partial charge < -0.3 is 10.2 Å². The number of nitrogens with two attached hydrogens (primary N) is 1. The van der Waals surface area contributed by atoms with Crippen molar-refractivity contribution in [1.82, 2.24) is 15.0 Å². The van der Waals surface area contributed by atoms with Gasteiger partial charge in [-0.15, -0.1) is 11.8 Å². The summed E-state index contributed by atoms with van der Waals surface area (Å²) in [7, 11) is 0. The Labute approximate surface area is 153 Å². The normalized spacial score (nSPS) is 11.3. The molecular weight excluding hydrogens is 364 g/mol. The first-order valence-corrected chi connectivity index (χ1v) is 10.1. The molecule has 0 aliphatic heterocycles. The molecule has 0 amide bonds. The van der Waals surface area contributed by atoms with E-state index < -0.39 is 0 Å². The number of pyridine rings is 1. The van der Waals surface area contributed by atoms with Crippen molar-refractivity contribution in [2.24, 2.45) is 0 Å². The number of furan rings is 1. The summed E-state index contributed by atoms with van der Waals surface area (Å²) in [6.45, 7) is 2.09. The summed E-state index contributed by atoms with van der Waals surface area (Å²) < 4.78 is 5.50. The summed E-state index contributed by atoms with van der Waals surface area (Å²) in [5.41, 5.74) is 8.54. The molecule has 0 saturated carbocycles. The summed E-state index contributed by atoms with van der Waals surface area (Å²) in [6, 6.07) is 3.83. The maximum absolute atomic E-state index is 6.23. The summed E-state index contributed by atoms with van der Waals surface area (Å²) in [4.78, 5) is 13.1. The van der Waals surface area contributed by atoms with Gasteiger partial charge in [0.15, 0.2) is 15.9 Å². The Bertz CT molecular complexity index is 869. The molecular formula is C16H17ClN4OS2. The molecule has 3 aromatic heterocycles. The van der Waals surface area contributed by atoms with Crippen LogP contribution in [0.5, 0.6) is 0 Å². The third-order valence-corrected chi connectivity index (χ3v) is 5.26. The van der Waals surface area contributed by atoms with Gasteiger partial charge in [0.25, 0.3) is 0 Å². The molecule has 0 fully saturated rings. The fourth-order valence-electron chi connectivity index (χ4n) is 2.34. The Hall–Kier alpha value is -1.44. The minimum Gasteiger partial charge on any atom is -0.461 e. The zero-order valence-corrected chi connectivity index (χ0v) is 15.8. The van der Waals surface area contributed by atoms with Gasteiger partial charge in [-0.2, -0.15) is 0 Å². The van der Waals surface area contributed by atoms with Crippen LogP contribution in [0, 0.1) is 0 Å². The zero-order valence-electron chi connectivity index (χ0n) is 13.4. The second-order valence-electron chi connectivity index (χ2n) is 5.11. The monoisotopic (exact) mass is 380 g/mol. The number of nitrogen functional groups attached to an aromatic ring is 1. The van der Waals surface area contributed by atoms with E-state index in [0.717, 1.165) is 40.3 Å². The van der Waals surface area contributed by atoms with Crippen molar-refractivity contribution in [3.05, 3.63) is 34.8 Å². The van der Waals surface area contributed by atoms with Crippen molar-refractivity contribution in [2.75, 3.05) is 17.7 Å². The molecule has 2 N–H and O–H groups in total. The summed E-state index contributed by atoms with van der Waals surface area (Å²) in [6.07, 6.45) is 5.38. The zero-order chi connectivity index (χ0) is 17.1. The quantitative estimate of drug-likeness (QED) is 0.292. The second-order valence-corrected chi connectivity index (χ2v) is 7.36. The third kappa shape index (κ3) is 3.79. The van der Waals surface area contributed by atoms with Crippen LogP contribution in [-0.2, 0) is 12.8 Å². The Morgan fingerprint density at radius 2 is 2.08 bits per heavy atom. The topological polar surface area (TPSA) is 77.8 Å². The second kappa shape index (κ2) is 7.63. The van der Waals surface area contributed by atoms with E-state index in [4.69, 9.17) is 21.8 Å². The van der Waals surface area contributed by atoms with E-state index in [1.54, 1.807) is 35.9 Å². The van der Waals surface area contributed by atoms with Gasteiger partial charge in [-0.25, -0.2) is 15.0 Å². The minimum atomic E-state index is 0.414. The van der Waals surface area contributed by atoms with Crippen LogP contribution >= 0.6 is 35.1 Å². The highest BCUT2D eigenvalue weighted by atomic mass is 35.5. The van der Waals surface area contributed by atoms with E-state index in [2.05, 4.69) is 27.9 Å². The number of fused-ring (bicyclic) bond motifs is 1. The SMILES string of the molecule is CCc1coc2c(Cl)nc(CCSc3nc(N)cc(SC)n3)cc12. The molecule has 8 heteroatoms. The third-order valence-electron chi connectivity index (χ3n) is 3.53. The van der Waals surface area contributed by atoms with E-state index in [-0.39, 0.29) is 0 Å². The molecule has 5 nitrogen and oxygen atoms in total. The van der Waals surface area contributed by atoms with Gasteiger partial charge in [0.2, 0.25) is 0 Å². The number of aryl methyl sites for hydroxylation is 2. The average Bonchev–Trinajstić information content (AvgIpc) is 2.98. The first-order valence-electron chi connectivity index (χ1n) is 7.47. The fourth-order valence-corrected chi connectivity index (χ4v) is 3.89. The molecule has 3 rings (SSSR count). The highest BCUT2D eigenvalue weighted by molar-refractivity contribution is 7.99. The predicted molar refractivity (Wildman–Crippen MR) is 101 cm³/mol. The maximum Gasteiger partial charge on any atom is 0.190 e. The molecule has 0 aliphatic carbocycles. The van der Waals surface area contributed by atoms with Crippen LogP contribution < -0.4 is 5.73 Å². The average molecular weight is 381 g/mol. The minimum absolute atomic E-state index is 0.414. The van der Waals surface area contributed by atoms with Crippen LogP contribution in [0.1, 0.15) is 18.2 Å². The van der Waals surface area contributed by atoms with E-state index in [1.807, 2.05) is 6.26 Å². The summed E-state index contributed by atoms with van der Waals surface area (Å²) >= 11 is 9.34. The molecule has 3 aromatic rings. The van der Waals surface area contributed by atoms with Crippen molar-refractivity contribution in [2.45, 2.75) is 29.9 Å². The van der Waals surface area contributed by atoms with Crippen molar-refractivity contribution in [3.8, 4) is 0 Å². The first kappa shape index (κ1) is 17.4. The summed E-state index contributed by atoms with van der Waals surface area (Å²) in [5.74, 6) is 1.29. The van der Waals surface area contributed by atoms with Gasteiger partial charge in [0.1, 0.15) is 10.8 Å². The molecule has 0 unspecified atom stereocenters. The van der Waals surface area contributed by atoms with Crippen LogP contribution in [0.4, 0.5) is 5.82 Å². The van der Waals surface area contributed by atoms with Crippen molar-refractivity contribution < 1.29 is 4.42 Å². The Kier molecular flexibility index (Phi) is 5.53. The van der Waals surface area contributed by atoms with Crippen molar-refractivity contribution in [3.63, 3.8) is 0 Å². The van der Waals surface area contributed by atoms with Crippen molar-refractivity contribution >= 4 is 51.9 Å². The molecule has 0 saturated heterocycles. The number of hydrogen-bond acceptors (Lipinski definition) is 7. The molecule has 0 aliphatic rings. The van der Waals surface area contributed by atoms with Crippen LogP contribution in [0.15, 0.2) is 33.0 Å². The molecule has 0 bridgehead atoms. The number of thioether (sulfide) groups is 2. The number of rotatable bonds is 6. The lowest BCUT2D eigenvalue weighted by Gasteiger charge is -2.05. The van der Waals surface area contributed by atoms with E-state index in [1.165, 1.54) is 0 Å². The molecule has 3 heterocycles. The lowest BCUT2D eigenvalue weighted by atomic mass is 10.1. The first-order chi connectivity index (χ1) is 11.6. The van der Waals surface area contributed by atoms with E-state index >= 15 is 0 Å².